The topological polar surface area (TPSA) is 79.2 Å². The Morgan fingerprint density at radius 3 is 2.28 bits per heavy atom. The minimum absolute atomic E-state index is 0.0921. The molecule has 4 aromatic rings. The van der Waals surface area contributed by atoms with Crippen LogP contribution >= 0.6 is 11.8 Å². The fourth-order valence-electron chi connectivity index (χ4n) is 4.92. The van der Waals surface area contributed by atoms with E-state index in [9.17, 15) is 4.79 Å². The highest BCUT2D eigenvalue weighted by Crippen LogP contribution is 2.28. The lowest BCUT2D eigenvalue weighted by Gasteiger charge is -2.31. The second-order valence-corrected chi connectivity index (χ2v) is 10.9. The summed E-state index contributed by atoms with van der Waals surface area (Å²) < 4.78 is 0. The Morgan fingerprint density at radius 2 is 1.64 bits per heavy atom. The fourth-order valence-corrected chi connectivity index (χ4v) is 5.90. The van der Waals surface area contributed by atoms with E-state index in [-0.39, 0.29) is 11.9 Å². The molecule has 3 aromatic carbocycles. The van der Waals surface area contributed by atoms with Crippen LogP contribution in [0.4, 0.5) is 10.5 Å². The maximum absolute atomic E-state index is 13.7. The maximum atomic E-state index is 13.7. The van der Waals surface area contributed by atoms with Crippen molar-refractivity contribution in [3.05, 3.63) is 96.1 Å². The Morgan fingerprint density at radius 1 is 0.949 bits per heavy atom. The molecule has 1 aliphatic heterocycles. The number of urea groups is 1. The van der Waals surface area contributed by atoms with Crippen LogP contribution in [0, 0.1) is 0 Å². The van der Waals surface area contributed by atoms with Gasteiger partial charge in [0.2, 0.25) is 5.82 Å². The summed E-state index contributed by atoms with van der Waals surface area (Å²) in [5, 5.41) is 15.4. The Balaban J connectivity index is 1.32. The van der Waals surface area contributed by atoms with E-state index in [1.165, 1.54) is 15.9 Å². The molecule has 39 heavy (non-hydrogen) atoms. The summed E-state index contributed by atoms with van der Waals surface area (Å²) in [4.78, 5) is 19.5. The average molecular weight is 542 g/mol. The molecule has 5 rings (SSSR count). The largest absolute Gasteiger partial charge is 0.323 e. The van der Waals surface area contributed by atoms with Crippen molar-refractivity contribution in [1.29, 1.82) is 0 Å². The van der Waals surface area contributed by atoms with Gasteiger partial charge in [0.15, 0.2) is 0 Å². The molecule has 0 saturated carbocycles. The molecular weight excluding hydrogens is 506 g/mol. The number of aryl methyl sites for hydroxylation is 1. The molecule has 0 radical (unpaired) electrons. The number of thioether (sulfide) groups is 1. The predicted octanol–water partition coefficient (Wildman–Crippen LogP) is 4.98. The lowest BCUT2D eigenvalue weighted by molar-refractivity contribution is 0.195. The van der Waals surface area contributed by atoms with Gasteiger partial charge >= 0.3 is 6.03 Å². The smallest absolute Gasteiger partial charge is 0.321 e. The van der Waals surface area contributed by atoms with Crippen molar-refractivity contribution in [2.45, 2.75) is 12.3 Å². The fraction of sp³-hybridized carbons (Fsp3) is 0.333. The number of benzene rings is 3. The normalized spacial score (nSPS) is 13.9. The van der Waals surface area contributed by atoms with E-state index in [1.807, 2.05) is 53.1 Å². The lowest BCUT2D eigenvalue weighted by Crippen LogP contribution is -2.43. The average Bonchev–Trinajstić information content (AvgIpc) is 3.43. The number of amides is 2. The summed E-state index contributed by atoms with van der Waals surface area (Å²) in [5.74, 6) is 3.04. The lowest BCUT2D eigenvalue weighted by atomic mass is 9.88. The van der Waals surface area contributed by atoms with Gasteiger partial charge in [-0.3, -0.25) is 4.90 Å². The Kier molecular flexibility index (Phi) is 9.24. The van der Waals surface area contributed by atoms with Gasteiger partial charge in [-0.05, 0) is 34.9 Å². The molecule has 0 spiro atoms. The second-order valence-electron chi connectivity index (χ2n) is 9.72. The Labute approximate surface area is 234 Å². The highest BCUT2D eigenvalue weighted by atomic mass is 32.2. The number of rotatable bonds is 10. The number of carbonyl (C=O) groups excluding carboxylic acids is 1. The summed E-state index contributed by atoms with van der Waals surface area (Å²) in [6.45, 7) is 4.35. The van der Waals surface area contributed by atoms with Crippen LogP contribution in [0.3, 0.4) is 0 Å². The summed E-state index contributed by atoms with van der Waals surface area (Å²) in [6.07, 6.45) is 0.834. The zero-order valence-corrected chi connectivity index (χ0v) is 23.1. The highest BCUT2D eigenvalue weighted by Gasteiger charge is 2.21. The van der Waals surface area contributed by atoms with Crippen LogP contribution in [0.25, 0.3) is 11.4 Å². The van der Waals surface area contributed by atoms with E-state index in [4.69, 9.17) is 0 Å². The zero-order chi connectivity index (χ0) is 26.9. The van der Waals surface area contributed by atoms with Crippen molar-refractivity contribution in [2.24, 2.45) is 7.05 Å². The molecule has 1 aromatic heterocycles. The van der Waals surface area contributed by atoms with Gasteiger partial charge in [-0.25, -0.2) is 4.79 Å². The molecule has 0 bridgehead atoms. The molecule has 2 amide bonds. The third-order valence-electron chi connectivity index (χ3n) is 7.05. The Hall–Kier alpha value is -3.69. The van der Waals surface area contributed by atoms with Gasteiger partial charge in [-0.15, -0.1) is 10.2 Å². The van der Waals surface area contributed by atoms with E-state index in [2.05, 4.69) is 74.2 Å². The molecule has 0 unspecified atom stereocenters. The molecule has 2 heterocycles. The zero-order valence-electron chi connectivity index (χ0n) is 22.3. The molecule has 1 N–H and O–H groups in total. The number of hydrogen-bond donors (Lipinski definition) is 1. The van der Waals surface area contributed by atoms with E-state index in [1.54, 1.807) is 7.05 Å². The van der Waals surface area contributed by atoms with Crippen molar-refractivity contribution in [3.63, 3.8) is 0 Å². The number of tetrazole rings is 1. The van der Waals surface area contributed by atoms with Crippen LogP contribution in [0.5, 0.6) is 0 Å². The van der Waals surface area contributed by atoms with Crippen molar-refractivity contribution >= 4 is 23.5 Å². The van der Waals surface area contributed by atoms with Crippen LogP contribution < -0.4 is 5.32 Å². The minimum Gasteiger partial charge on any atom is -0.323 e. The first kappa shape index (κ1) is 26.9. The van der Waals surface area contributed by atoms with E-state index in [0.29, 0.717) is 24.6 Å². The number of aromatic nitrogens is 4. The SMILES string of the molecule is Cn1nnc(-c2cccc(NC(=O)N(CCC(c3ccccc3)c3ccccc3)CCN3CCSCC3)c2)n1. The number of carbonyl (C=O) groups is 1. The first-order valence-corrected chi connectivity index (χ1v) is 14.6. The van der Waals surface area contributed by atoms with Crippen LogP contribution in [0.1, 0.15) is 23.5 Å². The monoisotopic (exact) mass is 541 g/mol. The van der Waals surface area contributed by atoms with Gasteiger partial charge in [0.25, 0.3) is 0 Å². The molecule has 1 saturated heterocycles. The van der Waals surface area contributed by atoms with Crippen molar-refractivity contribution < 1.29 is 4.79 Å². The third-order valence-corrected chi connectivity index (χ3v) is 7.99. The number of anilines is 1. The molecule has 9 heteroatoms. The van der Waals surface area contributed by atoms with Gasteiger partial charge in [0, 0.05) is 61.4 Å². The van der Waals surface area contributed by atoms with Crippen LogP contribution in [0.2, 0.25) is 0 Å². The van der Waals surface area contributed by atoms with Gasteiger partial charge in [-0.2, -0.15) is 16.6 Å². The van der Waals surface area contributed by atoms with Gasteiger partial charge in [0.1, 0.15) is 0 Å². The van der Waals surface area contributed by atoms with Gasteiger partial charge in [0.05, 0.1) is 7.05 Å². The van der Waals surface area contributed by atoms with Crippen LogP contribution in [-0.2, 0) is 7.05 Å². The third kappa shape index (κ3) is 7.46. The summed E-state index contributed by atoms with van der Waals surface area (Å²) in [5.41, 5.74) is 4.06. The number of nitrogens with zero attached hydrogens (tertiary/aromatic N) is 6. The van der Waals surface area contributed by atoms with Crippen molar-refractivity contribution in [2.75, 3.05) is 49.5 Å². The number of nitrogens with one attached hydrogen (secondary N) is 1. The van der Waals surface area contributed by atoms with E-state index >= 15 is 0 Å². The highest BCUT2D eigenvalue weighted by molar-refractivity contribution is 7.99. The first-order valence-electron chi connectivity index (χ1n) is 13.5. The second kappa shape index (κ2) is 13.4. The molecule has 1 fully saturated rings. The minimum atomic E-state index is -0.0921. The molecule has 0 atom stereocenters. The van der Waals surface area contributed by atoms with E-state index < -0.39 is 0 Å². The van der Waals surface area contributed by atoms with Crippen LogP contribution in [0.15, 0.2) is 84.9 Å². The summed E-state index contributed by atoms with van der Waals surface area (Å²) in [7, 11) is 1.74. The first-order chi connectivity index (χ1) is 19.2. The van der Waals surface area contributed by atoms with Gasteiger partial charge < -0.3 is 10.2 Å². The predicted molar refractivity (Wildman–Crippen MR) is 158 cm³/mol. The van der Waals surface area contributed by atoms with Gasteiger partial charge in [-0.1, -0.05) is 72.8 Å². The molecular formula is C30H35N7OS. The Bertz CT molecular complexity index is 1290. The van der Waals surface area contributed by atoms with Crippen LogP contribution in [-0.4, -0.2) is 80.3 Å². The van der Waals surface area contributed by atoms with Crippen molar-refractivity contribution in [1.82, 2.24) is 30.0 Å². The van der Waals surface area contributed by atoms with E-state index in [0.717, 1.165) is 43.1 Å². The molecule has 202 valence electrons. The molecule has 0 aliphatic carbocycles. The quantitative estimate of drug-likeness (QED) is 0.305. The molecule has 8 nitrogen and oxygen atoms in total. The summed E-state index contributed by atoms with van der Waals surface area (Å²) >= 11 is 2.00. The molecule has 1 aliphatic rings. The summed E-state index contributed by atoms with van der Waals surface area (Å²) in [6, 6.07) is 28.7. The van der Waals surface area contributed by atoms with Crippen molar-refractivity contribution in [3.8, 4) is 11.4 Å². The number of hydrogen-bond acceptors (Lipinski definition) is 6. The maximum Gasteiger partial charge on any atom is 0.321 e. The standard InChI is InChI=1S/C30H35N7OS/c1-35-33-29(32-34-35)26-13-8-14-27(23-26)31-30(38)37(18-17-36-19-21-39-22-20-36)16-15-28(24-9-4-2-5-10-24)25-11-6-3-7-12-25/h2-14,23,28H,15-22H2,1H3,(H,31,38).